The minimum Gasteiger partial charge on any atom is -0.409 e. The maximum atomic E-state index is 12.6. The zero-order valence-corrected chi connectivity index (χ0v) is 12.5. The molecule has 5 heteroatoms. The molecule has 0 radical (unpaired) electrons. The molecule has 0 atom stereocenters. The number of nitrogens with one attached hydrogen (secondary N) is 1. The number of amidine groups is 1. The van der Waals surface area contributed by atoms with E-state index >= 15 is 0 Å². The van der Waals surface area contributed by atoms with Crippen LogP contribution in [0.4, 0.5) is 0 Å². The molecule has 0 aromatic heterocycles. The van der Waals surface area contributed by atoms with Gasteiger partial charge in [0.15, 0.2) is 5.84 Å². The average Bonchev–Trinajstić information content (AvgIpc) is 2.76. The SMILES string of the molecule is CC(C)CC1(C(=O)NC(C)(C)C(N)=NO)CCCC1. The normalized spacial score (nSPS) is 19.7. The van der Waals surface area contributed by atoms with Gasteiger partial charge in [-0.25, -0.2) is 0 Å². The second kappa shape index (κ2) is 5.80. The molecule has 0 aliphatic heterocycles. The number of hydrogen-bond donors (Lipinski definition) is 3. The second-order valence-electron chi connectivity index (χ2n) is 6.65. The van der Waals surface area contributed by atoms with Crippen molar-refractivity contribution in [3.63, 3.8) is 0 Å². The highest BCUT2D eigenvalue weighted by atomic mass is 16.4. The highest BCUT2D eigenvalue weighted by molar-refractivity contribution is 5.94. The fourth-order valence-electron chi connectivity index (χ4n) is 2.96. The summed E-state index contributed by atoms with van der Waals surface area (Å²) in [6.07, 6.45) is 4.96. The van der Waals surface area contributed by atoms with Gasteiger partial charge in [0.2, 0.25) is 5.91 Å². The third kappa shape index (κ3) is 3.61. The van der Waals surface area contributed by atoms with Gasteiger partial charge >= 0.3 is 0 Å². The first kappa shape index (κ1) is 15.8. The molecular formula is C14H27N3O2. The van der Waals surface area contributed by atoms with Gasteiger partial charge < -0.3 is 16.3 Å². The molecule has 4 N–H and O–H groups in total. The molecule has 1 aliphatic rings. The summed E-state index contributed by atoms with van der Waals surface area (Å²) in [6, 6.07) is 0. The fraction of sp³-hybridized carbons (Fsp3) is 0.857. The molecule has 0 unspecified atom stereocenters. The Morgan fingerprint density at radius 1 is 1.42 bits per heavy atom. The second-order valence-corrected chi connectivity index (χ2v) is 6.65. The molecule has 1 amide bonds. The summed E-state index contributed by atoms with van der Waals surface area (Å²) in [5.74, 6) is 0.546. The molecule has 0 saturated heterocycles. The van der Waals surface area contributed by atoms with Crippen LogP contribution < -0.4 is 11.1 Å². The van der Waals surface area contributed by atoms with Crippen LogP contribution in [0.5, 0.6) is 0 Å². The van der Waals surface area contributed by atoms with Crippen molar-refractivity contribution >= 4 is 11.7 Å². The summed E-state index contributed by atoms with van der Waals surface area (Å²) in [6.45, 7) is 7.78. The number of nitrogens with two attached hydrogens (primary N) is 1. The first-order chi connectivity index (χ1) is 8.73. The Hall–Kier alpha value is -1.26. The van der Waals surface area contributed by atoms with Crippen molar-refractivity contribution in [1.82, 2.24) is 5.32 Å². The summed E-state index contributed by atoms with van der Waals surface area (Å²) in [5.41, 5.74) is 4.53. The fourth-order valence-corrected chi connectivity index (χ4v) is 2.96. The van der Waals surface area contributed by atoms with Crippen molar-refractivity contribution in [2.45, 2.75) is 65.3 Å². The third-order valence-electron chi connectivity index (χ3n) is 4.02. The van der Waals surface area contributed by atoms with E-state index in [1.54, 1.807) is 13.8 Å². The molecule has 1 fully saturated rings. The van der Waals surface area contributed by atoms with E-state index in [4.69, 9.17) is 10.9 Å². The summed E-state index contributed by atoms with van der Waals surface area (Å²) >= 11 is 0. The van der Waals surface area contributed by atoms with Gasteiger partial charge in [0.05, 0.1) is 5.54 Å². The largest absolute Gasteiger partial charge is 0.409 e. The van der Waals surface area contributed by atoms with Crippen molar-refractivity contribution in [1.29, 1.82) is 0 Å². The summed E-state index contributed by atoms with van der Waals surface area (Å²) in [4.78, 5) is 12.6. The van der Waals surface area contributed by atoms with Crippen LogP contribution in [-0.2, 0) is 4.79 Å². The number of carbonyl (C=O) groups excluding carboxylic acids is 1. The van der Waals surface area contributed by atoms with Gasteiger partial charge in [0.1, 0.15) is 0 Å². The maximum Gasteiger partial charge on any atom is 0.227 e. The molecule has 1 rings (SSSR count). The van der Waals surface area contributed by atoms with Crippen LogP contribution in [0.3, 0.4) is 0 Å². The zero-order valence-electron chi connectivity index (χ0n) is 12.5. The monoisotopic (exact) mass is 269 g/mol. The number of carbonyl (C=O) groups is 1. The minimum atomic E-state index is -0.821. The zero-order chi connectivity index (χ0) is 14.7. The van der Waals surface area contributed by atoms with Crippen LogP contribution in [0.15, 0.2) is 5.16 Å². The summed E-state index contributed by atoms with van der Waals surface area (Å²) in [7, 11) is 0. The summed E-state index contributed by atoms with van der Waals surface area (Å²) < 4.78 is 0. The molecule has 110 valence electrons. The van der Waals surface area contributed by atoms with Gasteiger partial charge in [-0.05, 0) is 39.0 Å². The van der Waals surface area contributed by atoms with Gasteiger partial charge in [-0.1, -0.05) is 31.8 Å². The lowest BCUT2D eigenvalue weighted by Crippen LogP contribution is -2.56. The van der Waals surface area contributed by atoms with E-state index in [9.17, 15) is 4.79 Å². The van der Waals surface area contributed by atoms with Crippen LogP contribution in [-0.4, -0.2) is 22.5 Å². The topological polar surface area (TPSA) is 87.7 Å². The van der Waals surface area contributed by atoms with Gasteiger partial charge in [-0.3, -0.25) is 4.79 Å². The molecule has 0 heterocycles. The quantitative estimate of drug-likeness (QED) is 0.309. The van der Waals surface area contributed by atoms with E-state index in [2.05, 4.69) is 24.3 Å². The maximum absolute atomic E-state index is 12.6. The molecule has 5 nitrogen and oxygen atoms in total. The van der Waals surface area contributed by atoms with Crippen molar-refractivity contribution in [3.8, 4) is 0 Å². The Labute approximate surface area is 115 Å². The number of amides is 1. The minimum absolute atomic E-state index is 0.0264. The highest BCUT2D eigenvalue weighted by Crippen LogP contribution is 2.43. The van der Waals surface area contributed by atoms with E-state index in [1.807, 2.05) is 0 Å². The lowest BCUT2D eigenvalue weighted by atomic mass is 9.77. The molecular weight excluding hydrogens is 242 g/mol. The Kier molecular flexibility index (Phi) is 4.82. The van der Waals surface area contributed by atoms with Crippen molar-refractivity contribution in [3.05, 3.63) is 0 Å². The van der Waals surface area contributed by atoms with Crippen LogP contribution in [0.2, 0.25) is 0 Å². The van der Waals surface area contributed by atoms with Crippen molar-refractivity contribution in [2.75, 3.05) is 0 Å². The molecule has 0 spiro atoms. The Morgan fingerprint density at radius 3 is 2.37 bits per heavy atom. The van der Waals surface area contributed by atoms with Crippen LogP contribution in [0, 0.1) is 11.3 Å². The average molecular weight is 269 g/mol. The third-order valence-corrected chi connectivity index (χ3v) is 4.02. The molecule has 19 heavy (non-hydrogen) atoms. The van der Waals surface area contributed by atoms with E-state index in [0.29, 0.717) is 5.92 Å². The van der Waals surface area contributed by atoms with Gasteiger partial charge in [0, 0.05) is 5.41 Å². The lowest BCUT2D eigenvalue weighted by molar-refractivity contribution is -0.132. The number of oxime groups is 1. The molecule has 0 bridgehead atoms. The molecule has 0 aromatic rings. The standard InChI is InChI=1S/C14H27N3O2/c1-10(2)9-14(7-5-6-8-14)12(18)16-13(3,4)11(15)17-19/h10,19H,5-9H2,1-4H3,(H2,15,17)(H,16,18). The van der Waals surface area contributed by atoms with Gasteiger partial charge in [-0.2, -0.15) is 0 Å². The Bertz CT molecular complexity index is 356. The van der Waals surface area contributed by atoms with Crippen LogP contribution in [0.25, 0.3) is 0 Å². The summed E-state index contributed by atoms with van der Waals surface area (Å²) in [5, 5.41) is 14.7. The molecule has 1 aliphatic carbocycles. The van der Waals surface area contributed by atoms with Crippen molar-refractivity contribution in [2.24, 2.45) is 22.2 Å². The Balaban J connectivity index is 2.84. The Morgan fingerprint density at radius 2 is 1.95 bits per heavy atom. The predicted molar refractivity (Wildman–Crippen MR) is 76.0 cm³/mol. The first-order valence-electron chi connectivity index (χ1n) is 7.04. The van der Waals surface area contributed by atoms with E-state index < -0.39 is 5.54 Å². The van der Waals surface area contributed by atoms with Crippen LogP contribution in [0.1, 0.15) is 59.8 Å². The van der Waals surface area contributed by atoms with E-state index in [0.717, 1.165) is 32.1 Å². The van der Waals surface area contributed by atoms with E-state index in [-0.39, 0.29) is 17.2 Å². The first-order valence-corrected chi connectivity index (χ1v) is 7.04. The van der Waals surface area contributed by atoms with E-state index in [1.165, 1.54) is 0 Å². The molecule has 0 aromatic carbocycles. The number of hydrogen-bond acceptors (Lipinski definition) is 3. The number of rotatable bonds is 5. The number of nitrogens with zero attached hydrogens (tertiary/aromatic N) is 1. The smallest absolute Gasteiger partial charge is 0.227 e. The van der Waals surface area contributed by atoms with Crippen molar-refractivity contribution < 1.29 is 10.0 Å². The van der Waals surface area contributed by atoms with Crippen LogP contribution >= 0.6 is 0 Å². The predicted octanol–water partition coefficient (Wildman–Crippen LogP) is 2.23. The highest BCUT2D eigenvalue weighted by Gasteiger charge is 2.43. The molecule has 1 saturated carbocycles. The van der Waals surface area contributed by atoms with Gasteiger partial charge in [-0.15, -0.1) is 0 Å². The lowest BCUT2D eigenvalue weighted by Gasteiger charge is -2.34. The van der Waals surface area contributed by atoms with Gasteiger partial charge in [0.25, 0.3) is 0 Å².